The Labute approximate surface area is 135 Å². The lowest BCUT2D eigenvalue weighted by Crippen LogP contribution is -2.32. The zero-order chi connectivity index (χ0) is 16.2. The zero-order valence-electron chi connectivity index (χ0n) is 13.2. The topological polar surface area (TPSA) is 62.9 Å². The number of benzene rings is 1. The summed E-state index contributed by atoms with van der Waals surface area (Å²) in [5.74, 6) is 1.69. The molecule has 1 fully saturated rings. The third kappa shape index (κ3) is 3.74. The molecule has 1 aliphatic rings. The number of nitrogens with zero attached hydrogens (tertiary/aromatic N) is 1. The molecule has 0 radical (unpaired) electrons. The first-order valence-electron chi connectivity index (χ1n) is 7.82. The standard InChI is InChI=1S/C18H21NO4/c1-22-15-4-2-13(3-5-15)14-6-8-19(9-7-14)11-16-10-17(20)18(21)12-23-16/h2-5,10,12,14,21H,6-9,11H2,1H3. The number of likely N-dealkylation sites (tertiary alicyclic amines) is 1. The van der Waals surface area contributed by atoms with Gasteiger partial charge in [0.15, 0.2) is 5.75 Å². The first-order chi connectivity index (χ1) is 11.2. The molecule has 122 valence electrons. The fourth-order valence-electron chi connectivity index (χ4n) is 3.05. The van der Waals surface area contributed by atoms with Crippen LogP contribution < -0.4 is 10.2 Å². The van der Waals surface area contributed by atoms with Crippen molar-refractivity contribution in [2.24, 2.45) is 0 Å². The molecule has 2 aromatic rings. The van der Waals surface area contributed by atoms with Crippen LogP contribution in [0, 0.1) is 0 Å². The van der Waals surface area contributed by atoms with Crippen molar-refractivity contribution in [2.75, 3.05) is 20.2 Å². The number of hydrogen-bond acceptors (Lipinski definition) is 5. The Kier molecular flexibility index (Phi) is 4.67. The molecule has 1 aromatic carbocycles. The average molecular weight is 315 g/mol. The molecule has 0 aliphatic carbocycles. The minimum Gasteiger partial charge on any atom is -0.502 e. The van der Waals surface area contributed by atoms with E-state index in [0.29, 0.717) is 18.2 Å². The summed E-state index contributed by atoms with van der Waals surface area (Å²) in [6, 6.07) is 9.65. The van der Waals surface area contributed by atoms with E-state index in [1.54, 1.807) is 7.11 Å². The lowest BCUT2D eigenvalue weighted by Gasteiger charge is -2.31. The molecule has 5 nitrogen and oxygen atoms in total. The summed E-state index contributed by atoms with van der Waals surface area (Å²) in [7, 11) is 1.68. The quantitative estimate of drug-likeness (QED) is 0.940. The van der Waals surface area contributed by atoms with Gasteiger partial charge < -0.3 is 14.3 Å². The van der Waals surface area contributed by atoms with E-state index < -0.39 is 0 Å². The van der Waals surface area contributed by atoms with Gasteiger partial charge in [0, 0.05) is 6.07 Å². The molecule has 0 bridgehead atoms. The van der Waals surface area contributed by atoms with E-state index in [2.05, 4.69) is 17.0 Å². The molecule has 5 heteroatoms. The van der Waals surface area contributed by atoms with Crippen molar-refractivity contribution in [3.8, 4) is 11.5 Å². The number of ether oxygens (including phenoxy) is 1. The van der Waals surface area contributed by atoms with Gasteiger partial charge in [0.1, 0.15) is 17.8 Å². The maximum atomic E-state index is 11.4. The zero-order valence-corrected chi connectivity index (χ0v) is 13.2. The van der Waals surface area contributed by atoms with E-state index in [1.807, 2.05) is 12.1 Å². The van der Waals surface area contributed by atoms with Crippen LogP contribution >= 0.6 is 0 Å². The molecule has 1 aromatic heterocycles. The molecule has 2 heterocycles. The molecule has 0 atom stereocenters. The summed E-state index contributed by atoms with van der Waals surface area (Å²) in [6.07, 6.45) is 3.27. The number of rotatable bonds is 4. The Hall–Kier alpha value is -2.27. The smallest absolute Gasteiger partial charge is 0.226 e. The highest BCUT2D eigenvalue weighted by atomic mass is 16.5. The summed E-state index contributed by atoms with van der Waals surface area (Å²) < 4.78 is 10.5. The fraction of sp³-hybridized carbons (Fsp3) is 0.389. The molecule has 3 rings (SSSR count). The maximum absolute atomic E-state index is 11.4. The van der Waals surface area contributed by atoms with Gasteiger partial charge in [-0.3, -0.25) is 9.69 Å². The van der Waals surface area contributed by atoms with Gasteiger partial charge in [-0.05, 0) is 49.5 Å². The van der Waals surface area contributed by atoms with E-state index in [1.165, 1.54) is 11.6 Å². The molecular formula is C18H21NO4. The van der Waals surface area contributed by atoms with Crippen molar-refractivity contribution in [3.05, 3.63) is 58.1 Å². The Balaban J connectivity index is 1.57. The van der Waals surface area contributed by atoms with Crippen molar-refractivity contribution in [1.29, 1.82) is 0 Å². The van der Waals surface area contributed by atoms with Crippen molar-refractivity contribution < 1.29 is 14.3 Å². The second kappa shape index (κ2) is 6.87. The van der Waals surface area contributed by atoms with Gasteiger partial charge in [-0.25, -0.2) is 0 Å². The Morgan fingerprint density at radius 1 is 1.26 bits per heavy atom. The molecule has 0 amide bonds. The summed E-state index contributed by atoms with van der Waals surface area (Å²) in [6.45, 7) is 2.52. The third-order valence-electron chi connectivity index (χ3n) is 4.42. The second-order valence-electron chi connectivity index (χ2n) is 5.92. The van der Waals surface area contributed by atoms with Gasteiger partial charge in [0.2, 0.25) is 5.43 Å². The number of aromatic hydroxyl groups is 1. The average Bonchev–Trinajstić information content (AvgIpc) is 2.59. The van der Waals surface area contributed by atoms with Crippen LogP contribution in [0.4, 0.5) is 0 Å². The number of hydrogen-bond donors (Lipinski definition) is 1. The van der Waals surface area contributed by atoms with Crippen molar-refractivity contribution >= 4 is 0 Å². The summed E-state index contributed by atoms with van der Waals surface area (Å²) in [4.78, 5) is 13.7. The molecule has 0 saturated carbocycles. The van der Waals surface area contributed by atoms with Crippen LogP contribution in [0.25, 0.3) is 0 Å². The van der Waals surface area contributed by atoms with E-state index in [0.717, 1.165) is 37.9 Å². The predicted molar refractivity (Wildman–Crippen MR) is 86.9 cm³/mol. The van der Waals surface area contributed by atoms with Gasteiger partial charge >= 0.3 is 0 Å². The number of piperidine rings is 1. The van der Waals surface area contributed by atoms with Crippen molar-refractivity contribution in [1.82, 2.24) is 4.90 Å². The van der Waals surface area contributed by atoms with E-state index >= 15 is 0 Å². The van der Waals surface area contributed by atoms with E-state index in [4.69, 9.17) is 9.15 Å². The molecule has 1 saturated heterocycles. The van der Waals surface area contributed by atoms with Crippen LogP contribution in [-0.4, -0.2) is 30.2 Å². The highest BCUT2D eigenvalue weighted by Gasteiger charge is 2.21. The van der Waals surface area contributed by atoms with Crippen LogP contribution in [0.5, 0.6) is 11.5 Å². The lowest BCUT2D eigenvalue weighted by molar-refractivity contribution is 0.188. The first kappa shape index (κ1) is 15.6. The molecule has 0 spiro atoms. The van der Waals surface area contributed by atoms with Crippen LogP contribution in [0.1, 0.15) is 30.1 Å². The minimum atomic E-state index is -0.389. The highest BCUT2D eigenvalue weighted by Crippen LogP contribution is 2.29. The Morgan fingerprint density at radius 3 is 2.57 bits per heavy atom. The molecule has 1 N–H and O–H groups in total. The second-order valence-corrected chi connectivity index (χ2v) is 5.92. The summed E-state index contributed by atoms with van der Waals surface area (Å²) in [5.41, 5.74) is 0.959. The normalized spacial score (nSPS) is 16.4. The van der Waals surface area contributed by atoms with Crippen LogP contribution in [0.2, 0.25) is 0 Å². The maximum Gasteiger partial charge on any atom is 0.226 e. The van der Waals surface area contributed by atoms with E-state index in [9.17, 15) is 9.90 Å². The predicted octanol–water partition coefficient (Wildman–Crippen LogP) is 2.73. The van der Waals surface area contributed by atoms with Crippen molar-refractivity contribution in [3.63, 3.8) is 0 Å². The van der Waals surface area contributed by atoms with Crippen LogP contribution in [0.3, 0.4) is 0 Å². The van der Waals surface area contributed by atoms with Gasteiger partial charge in [-0.1, -0.05) is 12.1 Å². The first-order valence-corrected chi connectivity index (χ1v) is 7.82. The third-order valence-corrected chi connectivity index (χ3v) is 4.42. The molecular weight excluding hydrogens is 294 g/mol. The highest BCUT2D eigenvalue weighted by molar-refractivity contribution is 5.29. The molecule has 1 aliphatic heterocycles. The number of methoxy groups -OCH3 is 1. The SMILES string of the molecule is COc1ccc(C2CCN(Cc3cc(=O)c(O)co3)CC2)cc1. The summed E-state index contributed by atoms with van der Waals surface area (Å²) in [5, 5.41) is 9.22. The van der Waals surface area contributed by atoms with Crippen LogP contribution in [-0.2, 0) is 6.54 Å². The van der Waals surface area contributed by atoms with Gasteiger partial charge in [-0.2, -0.15) is 0 Å². The largest absolute Gasteiger partial charge is 0.502 e. The minimum absolute atomic E-state index is 0.341. The Bertz CT molecular complexity index is 700. The summed E-state index contributed by atoms with van der Waals surface area (Å²) >= 11 is 0. The van der Waals surface area contributed by atoms with Crippen LogP contribution in [0.15, 0.2) is 45.8 Å². The fourth-order valence-corrected chi connectivity index (χ4v) is 3.05. The molecule has 0 unspecified atom stereocenters. The monoisotopic (exact) mass is 315 g/mol. The Morgan fingerprint density at radius 2 is 1.96 bits per heavy atom. The van der Waals surface area contributed by atoms with Gasteiger partial charge in [-0.15, -0.1) is 0 Å². The van der Waals surface area contributed by atoms with Gasteiger partial charge in [0.25, 0.3) is 0 Å². The van der Waals surface area contributed by atoms with Gasteiger partial charge in [0.05, 0.1) is 13.7 Å². The van der Waals surface area contributed by atoms with E-state index in [-0.39, 0.29) is 11.2 Å². The lowest BCUT2D eigenvalue weighted by atomic mass is 9.89. The van der Waals surface area contributed by atoms with Crippen molar-refractivity contribution in [2.45, 2.75) is 25.3 Å². The molecule has 23 heavy (non-hydrogen) atoms.